The lowest BCUT2D eigenvalue weighted by molar-refractivity contribution is -0.155. The lowest BCUT2D eigenvalue weighted by atomic mass is 9.73. The van der Waals surface area contributed by atoms with Crippen LogP contribution in [-0.4, -0.2) is 36.7 Å². The van der Waals surface area contributed by atoms with Gasteiger partial charge in [0.2, 0.25) is 0 Å². The molecular formula is C22H32O6. The van der Waals surface area contributed by atoms with Crippen LogP contribution >= 0.6 is 0 Å². The van der Waals surface area contributed by atoms with Crippen LogP contribution in [0.4, 0.5) is 0 Å². The van der Waals surface area contributed by atoms with Crippen LogP contribution in [0.25, 0.3) is 0 Å². The minimum atomic E-state index is -0.539. The molecule has 1 heterocycles. The van der Waals surface area contributed by atoms with E-state index < -0.39 is 12.1 Å². The zero-order valence-electron chi connectivity index (χ0n) is 17.6. The van der Waals surface area contributed by atoms with E-state index in [-0.39, 0.29) is 35.8 Å². The molecule has 3 unspecified atom stereocenters. The van der Waals surface area contributed by atoms with Crippen LogP contribution in [0.5, 0.6) is 0 Å². The summed E-state index contributed by atoms with van der Waals surface area (Å²) in [6.07, 6.45) is 1.95. The molecule has 28 heavy (non-hydrogen) atoms. The molecule has 156 valence electrons. The normalized spacial score (nSPS) is 26.4. The first-order valence-electron chi connectivity index (χ1n) is 10.1. The van der Waals surface area contributed by atoms with Crippen LogP contribution in [0.2, 0.25) is 0 Å². The predicted octanol–water partition coefficient (Wildman–Crippen LogP) is 3.74. The molecule has 6 nitrogen and oxygen atoms in total. The largest absolute Gasteiger partial charge is 0.466 e. The molecule has 0 saturated carbocycles. The average Bonchev–Trinajstić information content (AvgIpc) is 2.91. The number of hydrogen-bond donors (Lipinski definition) is 0. The van der Waals surface area contributed by atoms with Crippen molar-refractivity contribution in [3.05, 3.63) is 23.3 Å². The Hall–Kier alpha value is -2.11. The molecule has 0 aromatic carbocycles. The number of rotatable bonds is 8. The van der Waals surface area contributed by atoms with Gasteiger partial charge in [-0.2, -0.15) is 0 Å². The summed E-state index contributed by atoms with van der Waals surface area (Å²) in [5.74, 6) is -1.40. The molecule has 0 aromatic heterocycles. The summed E-state index contributed by atoms with van der Waals surface area (Å²) in [6.45, 7) is 13.5. The summed E-state index contributed by atoms with van der Waals surface area (Å²) in [5, 5.41) is 0. The van der Waals surface area contributed by atoms with Crippen LogP contribution < -0.4 is 0 Å². The van der Waals surface area contributed by atoms with Gasteiger partial charge >= 0.3 is 17.9 Å². The lowest BCUT2D eigenvalue weighted by Gasteiger charge is -2.38. The molecule has 1 aliphatic carbocycles. The quantitative estimate of drug-likeness (QED) is 0.206. The zero-order valence-corrected chi connectivity index (χ0v) is 17.6. The van der Waals surface area contributed by atoms with Gasteiger partial charge in [-0.1, -0.05) is 32.9 Å². The second kappa shape index (κ2) is 9.39. The first-order valence-corrected chi connectivity index (χ1v) is 10.1. The second-order valence-corrected chi connectivity index (χ2v) is 7.98. The summed E-state index contributed by atoms with van der Waals surface area (Å²) < 4.78 is 16.5. The first kappa shape index (κ1) is 22.2. The van der Waals surface area contributed by atoms with Gasteiger partial charge in [0, 0.05) is 18.9 Å². The fourth-order valence-corrected chi connectivity index (χ4v) is 4.06. The molecule has 0 radical (unpaired) electrons. The van der Waals surface area contributed by atoms with Gasteiger partial charge in [0.15, 0.2) is 0 Å². The highest BCUT2D eigenvalue weighted by atomic mass is 16.6. The van der Waals surface area contributed by atoms with E-state index in [1.165, 1.54) is 6.92 Å². The van der Waals surface area contributed by atoms with E-state index in [4.69, 9.17) is 14.2 Å². The van der Waals surface area contributed by atoms with Crippen molar-refractivity contribution in [3.63, 3.8) is 0 Å². The molecule has 0 amide bonds. The number of ether oxygens (including phenoxy) is 3. The number of fused-ring (bicyclic) bond motifs is 1. The molecule has 1 aliphatic heterocycles. The Morgan fingerprint density at radius 2 is 2.00 bits per heavy atom. The van der Waals surface area contributed by atoms with Gasteiger partial charge in [0.1, 0.15) is 12.2 Å². The van der Waals surface area contributed by atoms with Crippen LogP contribution in [-0.2, 0) is 28.6 Å². The highest BCUT2D eigenvalue weighted by Crippen LogP contribution is 2.45. The van der Waals surface area contributed by atoms with Crippen molar-refractivity contribution >= 4 is 17.9 Å². The van der Waals surface area contributed by atoms with Crippen molar-refractivity contribution in [1.29, 1.82) is 0 Å². The van der Waals surface area contributed by atoms with Gasteiger partial charge < -0.3 is 14.2 Å². The van der Waals surface area contributed by atoms with Gasteiger partial charge in [-0.25, -0.2) is 4.79 Å². The Labute approximate surface area is 167 Å². The van der Waals surface area contributed by atoms with Gasteiger partial charge in [-0.05, 0) is 37.7 Å². The fourth-order valence-electron chi connectivity index (χ4n) is 4.06. The van der Waals surface area contributed by atoms with E-state index in [2.05, 4.69) is 13.5 Å². The molecule has 2 rings (SSSR count). The molecule has 0 spiro atoms. The van der Waals surface area contributed by atoms with E-state index in [0.717, 1.165) is 17.6 Å². The monoisotopic (exact) mass is 392 g/mol. The summed E-state index contributed by atoms with van der Waals surface area (Å²) in [6, 6.07) is 0. The molecular weight excluding hydrogens is 360 g/mol. The molecule has 0 aromatic rings. The van der Waals surface area contributed by atoms with Crippen LogP contribution in [0, 0.1) is 17.8 Å². The topological polar surface area (TPSA) is 78.9 Å². The van der Waals surface area contributed by atoms with Gasteiger partial charge in [0.05, 0.1) is 18.4 Å². The van der Waals surface area contributed by atoms with Crippen molar-refractivity contribution < 1.29 is 28.6 Å². The van der Waals surface area contributed by atoms with E-state index in [1.54, 1.807) is 0 Å². The average molecular weight is 392 g/mol. The minimum absolute atomic E-state index is 0.120. The molecule has 6 heteroatoms. The summed E-state index contributed by atoms with van der Waals surface area (Å²) in [4.78, 5) is 35.6. The fraction of sp³-hybridized carbons (Fsp3) is 0.682. The Bertz CT molecular complexity index is 677. The number of carbonyl (C=O) groups is 3. The van der Waals surface area contributed by atoms with Gasteiger partial charge in [0.25, 0.3) is 0 Å². The number of hydrogen-bond acceptors (Lipinski definition) is 6. The lowest BCUT2D eigenvalue weighted by Crippen LogP contribution is -2.41. The summed E-state index contributed by atoms with van der Waals surface area (Å²) >= 11 is 0. The summed E-state index contributed by atoms with van der Waals surface area (Å²) in [7, 11) is 0. The van der Waals surface area contributed by atoms with E-state index >= 15 is 0 Å². The van der Waals surface area contributed by atoms with Gasteiger partial charge in [-0.15, -0.1) is 0 Å². The highest BCUT2D eigenvalue weighted by molar-refractivity contribution is 5.91. The Morgan fingerprint density at radius 3 is 2.61 bits per heavy atom. The smallest absolute Gasteiger partial charge is 0.334 e. The zero-order chi connectivity index (χ0) is 21.0. The van der Waals surface area contributed by atoms with Crippen molar-refractivity contribution in [2.45, 2.75) is 72.5 Å². The molecule has 1 fully saturated rings. The second-order valence-electron chi connectivity index (χ2n) is 7.98. The maximum absolute atomic E-state index is 12.6. The van der Waals surface area contributed by atoms with Gasteiger partial charge in [-0.3, -0.25) is 9.59 Å². The number of carbonyl (C=O) groups excluding carboxylic acids is 3. The highest BCUT2D eigenvalue weighted by Gasteiger charge is 2.50. The van der Waals surface area contributed by atoms with Crippen LogP contribution in [0.3, 0.4) is 0 Å². The molecule has 1 saturated heterocycles. The van der Waals surface area contributed by atoms with E-state index in [9.17, 15) is 14.4 Å². The Morgan fingerprint density at radius 1 is 1.32 bits per heavy atom. The molecule has 2 aliphatic rings. The maximum atomic E-state index is 12.6. The minimum Gasteiger partial charge on any atom is -0.466 e. The molecule has 5 atom stereocenters. The third-order valence-corrected chi connectivity index (χ3v) is 5.83. The number of esters is 3. The third kappa shape index (κ3) is 4.83. The standard InChI is InChI=1S/C22H32O6/c1-7-12(2)21(24)28-20-18(13(3)9-8-10-26-16(6)23)14(4)11-17-19(20)15(5)22(25)27-17/h12-13,17,19-20H,5,7-11H2,1-4,6H3/t12?,13?,17-,19-,20?/m1/s1. The summed E-state index contributed by atoms with van der Waals surface area (Å²) in [5.41, 5.74) is 2.51. The Kier molecular flexibility index (Phi) is 7.44. The predicted molar refractivity (Wildman–Crippen MR) is 104 cm³/mol. The third-order valence-electron chi connectivity index (χ3n) is 5.83. The van der Waals surface area contributed by atoms with Crippen molar-refractivity contribution in [2.75, 3.05) is 6.61 Å². The van der Waals surface area contributed by atoms with Crippen molar-refractivity contribution in [3.8, 4) is 0 Å². The Balaban J connectivity index is 2.24. The molecule has 0 N–H and O–H groups in total. The molecule has 0 bridgehead atoms. The van der Waals surface area contributed by atoms with Crippen LogP contribution in [0.15, 0.2) is 23.3 Å². The van der Waals surface area contributed by atoms with E-state index in [0.29, 0.717) is 31.4 Å². The van der Waals surface area contributed by atoms with E-state index in [1.807, 2.05) is 20.8 Å². The SMILES string of the molecule is C=C1C(=O)O[C@@H]2CC(C)=C(C(C)CCCOC(C)=O)C(OC(=O)C(C)CC)[C@H]12. The van der Waals surface area contributed by atoms with Crippen molar-refractivity contribution in [2.24, 2.45) is 17.8 Å². The first-order chi connectivity index (χ1) is 13.2. The van der Waals surface area contributed by atoms with Crippen LogP contribution in [0.1, 0.15) is 60.3 Å². The maximum Gasteiger partial charge on any atom is 0.334 e. The van der Waals surface area contributed by atoms with Crippen molar-refractivity contribution in [1.82, 2.24) is 0 Å².